The molecule has 1 N–H and O–H groups in total. The highest BCUT2D eigenvalue weighted by Crippen LogP contribution is 2.31. The molecule has 4 heteroatoms. The minimum atomic E-state index is -0.898. The van der Waals surface area contributed by atoms with Gasteiger partial charge in [-0.1, -0.05) is 13.8 Å². The summed E-state index contributed by atoms with van der Waals surface area (Å²) in [6.45, 7) is 7.35. The molecule has 1 aromatic carbocycles. The Labute approximate surface area is 114 Å². The average Bonchev–Trinajstić information content (AvgIpc) is 2.68. The zero-order chi connectivity index (χ0) is 14.0. The van der Waals surface area contributed by atoms with E-state index >= 15 is 0 Å². The Hall–Kier alpha value is -1.55. The Balaban J connectivity index is 2.18. The van der Waals surface area contributed by atoms with Crippen LogP contribution in [0.3, 0.4) is 0 Å². The molecule has 0 saturated carbocycles. The van der Waals surface area contributed by atoms with Crippen molar-refractivity contribution in [1.82, 2.24) is 4.90 Å². The van der Waals surface area contributed by atoms with E-state index in [2.05, 4.69) is 18.7 Å². The molecule has 19 heavy (non-hydrogen) atoms. The van der Waals surface area contributed by atoms with Crippen molar-refractivity contribution in [1.29, 1.82) is 0 Å². The molecule has 0 bridgehead atoms. The second kappa shape index (κ2) is 5.21. The molecule has 1 fully saturated rings. The molecule has 1 heterocycles. The van der Waals surface area contributed by atoms with Gasteiger partial charge >= 0.3 is 5.97 Å². The van der Waals surface area contributed by atoms with Gasteiger partial charge in [0.25, 0.3) is 0 Å². The zero-order valence-electron chi connectivity index (χ0n) is 11.8. The highest BCUT2D eigenvalue weighted by atomic mass is 16.5. The number of hydrogen-bond acceptors (Lipinski definition) is 3. The maximum atomic E-state index is 11.0. The number of ether oxygens (including phenoxy) is 1. The average molecular weight is 263 g/mol. The van der Waals surface area contributed by atoms with Crippen molar-refractivity contribution in [2.75, 3.05) is 20.2 Å². The van der Waals surface area contributed by atoms with E-state index in [1.165, 1.54) is 6.42 Å². The number of carboxylic acids is 1. The number of likely N-dealkylation sites (tertiary alicyclic amines) is 1. The predicted octanol–water partition coefficient (Wildman–Crippen LogP) is 2.63. The summed E-state index contributed by atoms with van der Waals surface area (Å²) in [5, 5.41) is 9.06. The molecule has 0 amide bonds. The second-order valence-corrected chi connectivity index (χ2v) is 5.96. The maximum absolute atomic E-state index is 11.0. The Morgan fingerprint density at radius 1 is 1.47 bits per heavy atom. The number of carboxylic acid groups (broad SMARTS) is 1. The molecule has 0 aliphatic carbocycles. The van der Waals surface area contributed by atoms with Crippen molar-refractivity contribution in [3.63, 3.8) is 0 Å². The lowest BCUT2D eigenvalue weighted by molar-refractivity contribution is 0.0696. The highest BCUT2D eigenvalue weighted by Gasteiger charge is 2.29. The third kappa shape index (κ3) is 3.26. The Kier molecular flexibility index (Phi) is 3.80. The van der Waals surface area contributed by atoms with Crippen LogP contribution in [0.2, 0.25) is 0 Å². The SMILES string of the molecule is COc1ccc(C(=O)O)cc1CN1CCC(C)(C)C1. The zero-order valence-corrected chi connectivity index (χ0v) is 11.8. The lowest BCUT2D eigenvalue weighted by atomic mass is 9.93. The molecular weight excluding hydrogens is 242 g/mol. The molecule has 1 aliphatic rings. The fourth-order valence-corrected chi connectivity index (χ4v) is 2.64. The van der Waals surface area contributed by atoms with Crippen LogP contribution >= 0.6 is 0 Å². The van der Waals surface area contributed by atoms with Gasteiger partial charge in [-0.2, -0.15) is 0 Å². The Bertz CT molecular complexity index is 482. The predicted molar refractivity (Wildman–Crippen MR) is 73.6 cm³/mol. The lowest BCUT2D eigenvalue weighted by Crippen LogP contribution is -2.23. The summed E-state index contributed by atoms with van der Waals surface area (Å²) < 4.78 is 5.32. The molecule has 1 aliphatic heterocycles. The second-order valence-electron chi connectivity index (χ2n) is 5.96. The number of methoxy groups -OCH3 is 1. The quantitative estimate of drug-likeness (QED) is 0.907. The van der Waals surface area contributed by atoms with Crippen LogP contribution in [0.4, 0.5) is 0 Å². The topological polar surface area (TPSA) is 49.8 Å². The number of hydrogen-bond donors (Lipinski definition) is 1. The van der Waals surface area contributed by atoms with E-state index < -0.39 is 5.97 Å². The van der Waals surface area contributed by atoms with E-state index in [0.29, 0.717) is 11.0 Å². The number of rotatable bonds is 4. The molecule has 104 valence electrons. The van der Waals surface area contributed by atoms with Crippen LogP contribution in [0.15, 0.2) is 18.2 Å². The molecule has 0 unspecified atom stereocenters. The molecule has 2 rings (SSSR count). The molecule has 0 aromatic heterocycles. The van der Waals surface area contributed by atoms with Gasteiger partial charge in [-0.25, -0.2) is 4.79 Å². The van der Waals surface area contributed by atoms with Gasteiger partial charge in [0.2, 0.25) is 0 Å². The third-order valence-corrected chi connectivity index (χ3v) is 3.68. The lowest BCUT2D eigenvalue weighted by Gasteiger charge is -2.20. The van der Waals surface area contributed by atoms with E-state index in [9.17, 15) is 4.79 Å². The summed E-state index contributed by atoms with van der Waals surface area (Å²) in [6, 6.07) is 5.03. The minimum absolute atomic E-state index is 0.314. The van der Waals surface area contributed by atoms with E-state index in [1.807, 2.05) is 0 Å². The first-order valence-corrected chi connectivity index (χ1v) is 6.54. The van der Waals surface area contributed by atoms with Crippen LogP contribution in [0.5, 0.6) is 5.75 Å². The van der Waals surface area contributed by atoms with Gasteiger partial charge in [-0.3, -0.25) is 4.90 Å². The molecule has 0 radical (unpaired) electrons. The number of benzene rings is 1. The maximum Gasteiger partial charge on any atom is 0.335 e. The van der Waals surface area contributed by atoms with Crippen LogP contribution in [0, 0.1) is 5.41 Å². The van der Waals surface area contributed by atoms with Crippen molar-refractivity contribution >= 4 is 5.97 Å². The van der Waals surface area contributed by atoms with Gasteiger partial charge in [0.1, 0.15) is 5.75 Å². The van der Waals surface area contributed by atoms with Gasteiger partial charge in [0.05, 0.1) is 12.7 Å². The molecular formula is C15H21NO3. The molecule has 4 nitrogen and oxygen atoms in total. The van der Waals surface area contributed by atoms with Crippen LogP contribution in [0.1, 0.15) is 36.2 Å². The van der Waals surface area contributed by atoms with Crippen molar-refractivity contribution in [2.45, 2.75) is 26.8 Å². The summed E-state index contributed by atoms with van der Waals surface area (Å²) in [5.41, 5.74) is 1.60. The highest BCUT2D eigenvalue weighted by molar-refractivity contribution is 5.88. The molecule has 1 saturated heterocycles. The van der Waals surface area contributed by atoms with E-state index in [-0.39, 0.29) is 0 Å². The first-order chi connectivity index (χ1) is 8.91. The van der Waals surface area contributed by atoms with Crippen LogP contribution in [-0.4, -0.2) is 36.2 Å². The van der Waals surface area contributed by atoms with Crippen LogP contribution < -0.4 is 4.74 Å². The summed E-state index contributed by atoms with van der Waals surface area (Å²) in [6.07, 6.45) is 1.17. The standard InChI is InChI=1S/C15H21NO3/c1-15(2)6-7-16(10-15)9-12-8-11(14(17)18)4-5-13(12)19-3/h4-5,8H,6-7,9-10H2,1-3H3,(H,17,18). The third-order valence-electron chi connectivity index (χ3n) is 3.68. The molecule has 0 atom stereocenters. The number of carbonyl (C=O) groups is 1. The number of aromatic carboxylic acids is 1. The van der Waals surface area contributed by atoms with E-state index in [4.69, 9.17) is 9.84 Å². The normalized spacial score (nSPS) is 18.5. The van der Waals surface area contributed by atoms with Crippen molar-refractivity contribution in [3.8, 4) is 5.75 Å². The van der Waals surface area contributed by atoms with Crippen molar-refractivity contribution < 1.29 is 14.6 Å². The van der Waals surface area contributed by atoms with Gasteiger partial charge < -0.3 is 9.84 Å². The molecule has 1 aromatic rings. The summed E-state index contributed by atoms with van der Waals surface area (Å²) in [5.74, 6) is -0.139. The van der Waals surface area contributed by atoms with Gasteiger partial charge in [0, 0.05) is 18.7 Å². The van der Waals surface area contributed by atoms with Crippen molar-refractivity contribution in [3.05, 3.63) is 29.3 Å². The van der Waals surface area contributed by atoms with Crippen molar-refractivity contribution in [2.24, 2.45) is 5.41 Å². The van der Waals surface area contributed by atoms with Crippen LogP contribution in [0.25, 0.3) is 0 Å². The van der Waals surface area contributed by atoms with Gasteiger partial charge in [-0.05, 0) is 36.6 Å². The largest absolute Gasteiger partial charge is 0.496 e. The van der Waals surface area contributed by atoms with E-state index in [0.717, 1.165) is 30.9 Å². The summed E-state index contributed by atoms with van der Waals surface area (Å²) in [4.78, 5) is 13.4. The monoisotopic (exact) mass is 263 g/mol. The number of nitrogens with zero attached hydrogens (tertiary/aromatic N) is 1. The fraction of sp³-hybridized carbons (Fsp3) is 0.533. The van der Waals surface area contributed by atoms with E-state index in [1.54, 1.807) is 25.3 Å². The first kappa shape index (κ1) is 13.9. The minimum Gasteiger partial charge on any atom is -0.496 e. The van der Waals surface area contributed by atoms with Gasteiger partial charge in [-0.15, -0.1) is 0 Å². The first-order valence-electron chi connectivity index (χ1n) is 6.54. The summed E-state index contributed by atoms with van der Waals surface area (Å²) in [7, 11) is 1.62. The Morgan fingerprint density at radius 2 is 2.21 bits per heavy atom. The Morgan fingerprint density at radius 3 is 2.74 bits per heavy atom. The fourth-order valence-electron chi connectivity index (χ4n) is 2.64. The molecule has 0 spiro atoms. The van der Waals surface area contributed by atoms with Crippen LogP contribution in [-0.2, 0) is 6.54 Å². The van der Waals surface area contributed by atoms with Gasteiger partial charge in [0.15, 0.2) is 0 Å². The smallest absolute Gasteiger partial charge is 0.335 e. The summed E-state index contributed by atoms with van der Waals surface area (Å²) >= 11 is 0.